The van der Waals surface area contributed by atoms with Gasteiger partial charge in [0.05, 0.1) is 5.25 Å². The van der Waals surface area contributed by atoms with Crippen LogP contribution in [0.5, 0.6) is 0 Å². The first kappa shape index (κ1) is 15.9. The molecule has 1 aromatic heterocycles. The van der Waals surface area contributed by atoms with Crippen molar-refractivity contribution in [1.29, 1.82) is 0 Å². The third kappa shape index (κ3) is 3.57. The lowest BCUT2D eigenvalue weighted by molar-refractivity contribution is -0.127. The summed E-state index contributed by atoms with van der Waals surface area (Å²) < 4.78 is 1.88. The first-order chi connectivity index (χ1) is 9.90. The fraction of sp³-hybridized carbons (Fsp3) is 0.357. The normalized spacial score (nSPS) is 12.2. The lowest BCUT2D eigenvalue weighted by Gasteiger charge is -2.15. The van der Waals surface area contributed by atoms with E-state index in [0.29, 0.717) is 10.2 Å². The Kier molecular flexibility index (Phi) is 4.90. The van der Waals surface area contributed by atoms with Gasteiger partial charge >= 0.3 is 0 Å². The second kappa shape index (κ2) is 6.49. The molecular formula is C14H17ClN4OS. The second-order valence-corrected chi connectivity index (χ2v) is 6.61. The standard InChI is InChI=1S/C14H17ClN4OS/c1-9(13(20)18(2)3)21-14-17-16-12(19(14)4)10-5-7-11(15)8-6-10/h5-9H,1-4H3/t9-/m0/s1. The molecule has 0 bridgehead atoms. The highest BCUT2D eigenvalue weighted by Gasteiger charge is 2.20. The summed E-state index contributed by atoms with van der Waals surface area (Å²) in [5.41, 5.74) is 0.938. The van der Waals surface area contributed by atoms with E-state index in [1.807, 2.05) is 42.8 Å². The molecule has 1 heterocycles. The van der Waals surface area contributed by atoms with Crippen molar-refractivity contribution in [2.75, 3.05) is 14.1 Å². The number of rotatable bonds is 4. The molecule has 0 fully saturated rings. The number of thioether (sulfide) groups is 1. The summed E-state index contributed by atoms with van der Waals surface area (Å²) in [4.78, 5) is 13.5. The molecule has 112 valence electrons. The van der Waals surface area contributed by atoms with Crippen molar-refractivity contribution >= 4 is 29.3 Å². The van der Waals surface area contributed by atoms with Gasteiger partial charge in [0.25, 0.3) is 0 Å². The van der Waals surface area contributed by atoms with Crippen LogP contribution in [0.3, 0.4) is 0 Å². The average molecular weight is 325 g/mol. The molecule has 2 rings (SSSR count). The van der Waals surface area contributed by atoms with Gasteiger partial charge in [0.15, 0.2) is 11.0 Å². The molecule has 0 spiro atoms. The van der Waals surface area contributed by atoms with Gasteiger partial charge in [-0.3, -0.25) is 4.79 Å². The second-order valence-electron chi connectivity index (χ2n) is 4.86. The summed E-state index contributed by atoms with van der Waals surface area (Å²) in [6, 6.07) is 7.43. The van der Waals surface area contributed by atoms with Gasteiger partial charge in [-0.1, -0.05) is 23.4 Å². The highest BCUT2D eigenvalue weighted by atomic mass is 35.5. The predicted octanol–water partition coefficient (Wildman–Crippen LogP) is 2.70. The first-order valence-corrected chi connectivity index (χ1v) is 7.69. The van der Waals surface area contributed by atoms with Crippen molar-refractivity contribution in [2.45, 2.75) is 17.3 Å². The maximum absolute atomic E-state index is 11.9. The van der Waals surface area contributed by atoms with Crippen molar-refractivity contribution in [3.05, 3.63) is 29.3 Å². The number of carbonyl (C=O) groups excluding carboxylic acids is 1. The van der Waals surface area contributed by atoms with Crippen LogP contribution in [0.25, 0.3) is 11.4 Å². The number of carbonyl (C=O) groups is 1. The molecule has 1 aromatic carbocycles. The van der Waals surface area contributed by atoms with Crippen LogP contribution in [-0.2, 0) is 11.8 Å². The molecule has 2 aromatic rings. The molecule has 0 saturated carbocycles. The number of aromatic nitrogens is 3. The van der Waals surface area contributed by atoms with E-state index in [1.54, 1.807) is 19.0 Å². The van der Waals surface area contributed by atoms with Crippen molar-refractivity contribution in [2.24, 2.45) is 7.05 Å². The number of halogens is 1. The molecular weight excluding hydrogens is 308 g/mol. The molecule has 21 heavy (non-hydrogen) atoms. The van der Waals surface area contributed by atoms with Gasteiger partial charge in [-0.2, -0.15) is 0 Å². The molecule has 0 aliphatic carbocycles. The van der Waals surface area contributed by atoms with Gasteiger partial charge in [-0.15, -0.1) is 10.2 Å². The molecule has 1 atom stereocenters. The Morgan fingerprint density at radius 3 is 2.48 bits per heavy atom. The molecule has 0 aliphatic heterocycles. The van der Waals surface area contributed by atoms with E-state index < -0.39 is 0 Å². The van der Waals surface area contributed by atoms with E-state index in [1.165, 1.54) is 11.8 Å². The number of hydrogen-bond donors (Lipinski definition) is 0. The minimum atomic E-state index is -0.207. The zero-order valence-corrected chi connectivity index (χ0v) is 13.9. The number of nitrogens with zero attached hydrogens (tertiary/aromatic N) is 4. The van der Waals surface area contributed by atoms with Crippen LogP contribution >= 0.6 is 23.4 Å². The van der Waals surface area contributed by atoms with E-state index in [-0.39, 0.29) is 11.2 Å². The molecule has 7 heteroatoms. The number of amides is 1. The van der Waals surface area contributed by atoms with Crippen molar-refractivity contribution in [3.63, 3.8) is 0 Å². The fourth-order valence-corrected chi connectivity index (χ4v) is 2.93. The van der Waals surface area contributed by atoms with E-state index in [4.69, 9.17) is 11.6 Å². The van der Waals surface area contributed by atoms with Crippen LogP contribution in [0.2, 0.25) is 5.02 Å². The summed E-state index contributed by atoms with van der Waals surface area (Å²) in [6.07, 6.45) is 0. The lowest BCUT2D eigenvalue weighted by atomic mass is 10.2. The lowest BCUT2D eigenvalue weighted by Crippen LogP contribution is -2.29. The van der Waals surface area contributed by atoms with Crippen molar-refractivity contribution < 1.29 is 4.79 Å². The third-order valence-corrected chi connectivity index (χ3v) is 4.38. The molecule has 5 nitrogen and oxygen atoms in total. The molecule has 0 radical (unpaired) electrons. The maximum Gasteiger partial charge on any atom is 0.235 e. The summed E-state index contributed by atoms with van der Waals surface area (Å²) in [7, 11) is 5.38. The van der Waals surface area contributed by atoms with Gasteiger partial charge in [0.1, 0.15) is 0 Å². The Hall–Kier alpha value is -1.53. The van der Waals surface area contributed by atoms with Gasteiger partial charge in [0, 0.05) is 31.7 Å². The highest BCUT2D eigenvalue weighted by Crippen LogP contribution is 2.26. The fourth-order valence-electron chi connectivity index (χ4n) is 1.84. The molecule has 1 amide bonds. The SMILES string of the molecule is C[C@H](Sc1nnc(-c2ccc(Cl)cc2)n1C)C(=O)N(C)C. The van der Waals surface area contributed by atoms with E-state index in [0.717, 1.165) is 11.4 Å². The highest BCUT2D eigenvalue weighted by molar-refractivity contribution is 8.00. The van der Waals surface area contributed by atoms with Crippen LogP contribution in [0.15, 0.2) is 29.4 Å². The van der Waals surface area contributed by atoms with Crippen molar-refractivity contribution in [1.82, 2.24) is 19.7 Å². The predicted molar refractivity (Wildman–Crippen MR) is 85.5 cm³/mol. The molecule has 0 unspecified atom stereocenters. The quantitative estimate of drug-likeness (QED) is 0.811. The van der Waals surface area contributed by atoms with Crippen LogP contribution in [0.4, 0.5) is 0 Å². The average Bonchev–Trinajstić information content (AvgIpc) is 2.80. The first-order valence-electron chi connectivity index (χ1n) is 6.43. The summed E-state index contributed by atoms with van der Waals surface area (Å²) >= 11 is 7.29. The van der Waals surface area contributed by atoms with E-state index >= 15 is 0 Å². The number of hydrogen-bond acceptors (Lipinski definition) is 4. The molecule has 0 N–H and O–H groups in total. The van der Waals surface area contributed by atoms with Crippen molar-refractivity contribution in [3.8, 4) is 11.4 Å². The maximum atomic E-state index is 11.9. The summed E-state index contributed by atoms with van der Waals surface area (Å²) in [6.45, 7) is 1.86. The Morgan fingerprint density at radius 1 is 1.29 bits per heavy atom. The molecule has 0 aliphatic rings. The molecule has 0 saturated heterocycles. The van der Waals surface area contributed by atoms with Gasteiger partial charge < -0.3 is 9.47 Å². The third-order valence-electron chi connectivity index (χ3n) is 3.01. The Balaban J connectivity index is 2.21. The summed E-state index contributed by atoms with van der Waals surface area (Å²) in [5, 5.41) is 9.55. The largest absolute Gasteiger partial charge is 0.348 e. The van der Waals surface area contributed by atoms with Gasteiger partial charge in [0.2, 0.25) is 5.91 Å². The smallest absolute Gasteiger partial charge is 0.235 e. The summed E-state index contributed by atoms with van der Waals surface area (Å²) in [5.74, 6) is 0.801. The van der Waals surface area contributed by atoms with Crippen LogP contribution in [0.1, 0.15) is 6.92 Å². The minimum Gasteiger partial charge on any atom is -0.348 e. The van der Waals surface area contributed by atoms with E-state index in [9.17, 15) is 4.79 Å². The van der Waals surface area contributed by atoms with Crippen LogP contribution < -0.4 is 0 Å². The minimum absolute atomic E-state index is 0.0519. The van der Waals surface area contributed by atoms with Gasteiger partial charge in [-0.05, 0) is 31.2 Å². The van der Waals surface area contributed by atoms with E-state index in [2.05, 4.69) is 10.2 Å². The topological polar surface area (TPSA) is 51.0 Å². The van der Waals surface area contributed by atoms with Crippen LogP contribution in [0, 0.1) is 0 Å². The van der Waals surface area contributed by atoms with Crippen LogP contribution in [-0.4, -0.2) is 44.9 Å². The monoisotopic (exact) mass is 324 g/mol. The number of benzene rings is 1. The van der Waals surface area contributed by atoms with Gasteiger partial charge in [-0.25, -0.2) is 0 Å². The zero-order valence-electron chi connectivity index (χ0n) is 12.4. The zero-order chi connectivity index (χ0) is 15.6. The Labute approximate surface area is 133 Å². The Bertz CT molecular complexity index is 639. The Morgan fingerprint density at radius 2 is 1.90 bits per heavy atom.